The van der Waals surface area contributed by atoms with Crippen LogP contribution >= 0.6 is 11.6 Å². The molecule has 1 aromatic carbocycles. The van der Waals surface area contributed by atoms with Crippen molar-refractivity contribution in [2.45, 2.75) is 23.8 Å². The van der Waals surface area contributed by atoms with Gasteiger partial charge < -0.3 is 5.11 Å². The number of rotatable bonds is 4. The van der Waals surface area contributed by atoms with Crippen molar-refractivity contribution < 1.29 is 18.3 Å². The second-order valence-corrected chi connectivity index (χ2v) is 6.33. The van der Waals surface area contributed by atoms with Crippen molar-refractivity contribution in [1.29, 1.82) is 0 Å². The quantitative estimate of drug-likeness (QED) is 0.834. The van der Waals surface area contributed by atoms with Crippen LogP contribution in [0.4, 0.5) is 0 Å². The van der Waals surface area contributed by atoms with Gasteiger partial charge in [0.2, 0.25) is 10.0 Å². The van der Waals surface area contributed by atoms with Crippen LogP contribution in [0.15, 0.2) is 35.2 Å². The van der Waals surface area contributed by atoms with E-state index >= 15 is 0 Å². The summed E-state index contributed by atoms with van der Waals surface area (Å²) >= 11 is 5.71. The molecule has 0 atom stereocenters. The van der Waals surface area contributed by atoms with E-state index in [1.165, 1.54) is 12.1 Å². The van der Waals surface area contributed by atoms with Crippen molar-refractivity contribution in [1.82, 2.24) is 4.72 Å². The maximum absolute atomic E-state index is 12.1. The lowest BCUT2D eigenvalue weighted by molar-refractivity contribution is 0.0697. The molecule has 0 aliphatic heterocycles. The van der Waals surface area contributed by atoms with E-state index in [9.17, 15) is 13.2 Å². The third-order valence-corrected chi connectivity index (χ3v) is 4.66. The van der Waals surface area contributed by atoms with Crippen LogP contribution in [0.25, 0.3) is 0 Å². The van der Waals surface area contributed by atoms with E-state index in [2.05, 4.69) is 4.72 Å². The zero-order valence-corrected chi connectivity index (χ0v) is 11.4. The SMILES string of the molecule is O=C(O)c1cc(S(=O)(=O)NC2CC=CC2)ccc1Cl. The van der Waals surface area contributed by atoms with Gasteiger partial charge in [0.05, 0.1) is 15.5 Å². The molecule has 102 valence electrons. The minimum absolute atomic E-state index is 0.00832. The number of sulfonamides is 1. The fourth-order valence-electron chi connectivity index (χ4n) is 1.84. The molecule has 5 nitrogen and oxygen atoms in total. The molecule has 0 bridgehead atoms. The zero-order valence-electron chi connectivity index (χ0n) is 9.84. The lowest BCUT2D eigenvalue weighted by Crippen LogP contribution is -2.33. The second-order valence-electron chi connectivity index (χ2n) is 4.21. The summed E-state index contributed by atoms with van der Waals surface area (Å²) in [5.74, 6) is -1.26. The molecule has 1 aromatic rings. The monoisotopic (exact) mass is 301 g/mol. The number of carboxylic acids is 1. The Morgan fingerprint density at radius 1 is 1.32 bits per heavy atom. The molecule has 0 unspecified atom stereocenters. The molecular formula is C12H12ClNO4S. The van der Waals surface area contributed by atoms with Gasteiger partial charge in [-0.3, -0.25) is 0 Å². The Morgan fingerprint density at radius 3 is 2.53 bits per heavy atom. The van der Waals surface area contributed by atoms with Gasteiger partial charge in [-0.1, -0.05) is 23.8 Å². The number of aromatic carboxylic acids is 1. The lowest BCUT2D eigenvalue weighted by atomic mass is 10.2. The molecule has 2 N–H and O–H groups in total. The van der Waals surface area contributed by atoms with Gasteiger partial charge in [0.15, 0.2) is 0 Å². The minimum atomic E-state index is -3.73. The summed E-state index contributed by atoms with van der Waals surface area (Å²) in [5, 5.41) is 8.94. The number of hydrogen-bond donors (Lipinski definition) is 2. The first kappa shape index (κ1) is 14.0. The van der Waals surface area contributed by atoms with Gasteiger partial charge in [-0.05, 0) is 31.0 Å². The highest BCUT2D eigenvalue weighted by molar-refractivity contribution is 7.89. The van der Waals surface area contributed by atoms with Crippen LogP contribution in [0.2, 0.25) is 5.02 Å². The summed E-state index contributed by atoms with van der Waals surface area (Å²) in [6, 6.07) is 3.45. The second kappa shape index (κ2) is 5.32. The van der Waals surface area contributed by atoms with E-state index in [0.29, 0.717) is 12.8 Å². The summed E-state index contributed by atoms with van der Waals surface area (Å²) < 4.78 is 26.7. The van der Waals surface area contributed by atoms with Crippen molar-refractivity contribution in [2.75, 3.05) is 0 Å². The molecule has 1 aliphatic rings. The van der Waals surface area contributed by atoms with Crippen LogP contribution in [0, 0.1) is 0 Å². The first-order chi connectivity index (χ1) is 8.90. The molecule has 0 heterocycles. The number of hydrogen-bond acceptors (Lipinski definition) is 3. The number of nitrogens with one attached hydrogen (secondary N) is 1. The maximum Gasteiger partial charge on any atom is 0.337 e. The molecule has 1 aliphatic carbocycles. The standard InChI is InChI=1S/C12H12ClNO4S/c13-11-6-5-9(7-10(11)12(15)16)19(17,18)14-8-3-1-2-4-8/h1-2,5-8,14H,3-4H2,(H,15,16). The molecule has 2 rings (SSSR count). The van der Waals surface area contributed by atoms with Crippen LogP contribution in [-0.4, -0.2) is 25.5 Å². The lowest BCUT2D eigenvalue weighted by Gasteiger charge is -2.13. The zero-order chi connectivity index (χ0) is 14.0. The van der Waals surface area contributed by atoms with Gasteiger partial charge in [0, 0.05) is 6.04 Å². The van der Waals surface area contributed by atoms with Gasteiger partial charge in [-0.25, -0.2) is 17.9 Å². The molecule has 0 aromatic heterocycles. The Kier molecular flexibility index (Phi) is 3.93. The van der Waals surface area contributed by atoms with Crippen molar-refractivity contribution in [3.8, 4) is 0 Å². The molecule has 0 radical (unpaired) electrons. The van der Waals surface area contributed by atoms with E-state index in [-0.39, 0.29) is 21.5 Å². The smallest absolute Gasteiger partial charge is 0.337 e. The number of halogens is 1. The summed E-state index contributed by atoms with van der Waals surface area (Å²) in [7, 11) is -3.73. The van der Waals surface area contributed by atoms with E-state index in [1.54, 1.807) is 0 Å². The van der Waals surface area contributed by atoms with Crippen LogP contribution in [0.5, 0.6) is 0 Å². The molecule has 0 saturated heterocycles. The first-order valence-corrected chi connectivity index (χ1v) is 7.46. The predicted octanol–water partition coefficient (Wildman–Crippen LogP) is 2.04. The summed E-state index contributed by atoms with van der Waals surface area (Å²) in [5.41, 5.74) is -0.228. The Morgan fingerprint density at radius 2 is 1.95 bits per heavy atom. The topological polar surface area (TPSA) is 83.5 Å². The van der Waals surface area contributed by atoms with Gasteiger partial charge in [0.25, 0.3) is 0 Å². The average molecular weight is 302 g/mol. The predicted molar refractivity (Wildman–Crippen MR) is 70.9 cm³/mol. The highest BCUT2D eigenvalue weighted by atomic mass is 35.5. The highest BCUT2D eigenvalue weighted by Crippen LogP contribution is 2.21. The summed E-state index contributed by atoms with van der Waals surface area (Å²) in [6.07, 6.45) is 5.08. The molecule has 0 amide bonds. The van der Waals surface area contributed by atoms with Crippen LogP contribution in [0.3, 0.4) is 0 Å². The third-order valence-electron chi connectivity index (χ3n) is 2.81. The normalized spacial score (nSPS) is 15.8. The molecule has 0 spiro atoms. The van der Waals surface area contributed by atoms with E-state index in [1.807, 2.05) is 12.2 Å². The number of carboxylic acid groups (broad SMARTS) is 1. The van der Waals surface area contributed by atoms with Gasteiger partial charge >= 0.3 is 5.97 Å². The van der Waals surface area contributed by atoms with Crippen molar-refractivity contribution in [3.05, 3.63) is 40.9 Å². The Hall–Kier alpha value is -1.37. The Balaban J connectivity index is 2.29. The fraction of sp³-hybridized carbons (Fsp3) is 0.250. The number of carbonyl (C=O) groups is 1. The van der Waals surface area contributed by atoms with Gasteiger partial charge in [0.1, 0.15) is 0 Å². The molecule has 0 fully saturated rings. The molecule has 0 saturated carbocycles. The Bertz CT molecular complexity index is 631. The fourth-order valence-corrected chi connectivity index (χ4v) is 3.32. The first-order valence-electron chi connectivity index (χ1n) is 5.60. The van der Waals surface area contributed by atoms with Gasteiger partial charge in [-0.2, -0.15) is 0 Å². The van der Waals surface area contributed by atoms with Crippen molar-refractivity contribution >= 4 is 27.6 Å². The largest absolute Gasteiger partial charge is 0.478 e. The van der Waals surface area contributed by atoms with E-state index in [4.69, 9.17) is 16.7 Å². The molecule has 19 heavy (non-hydrogen) atoms. The average Bonchev–Trinajstić information content (AvgIpc) is 2.80. The molecule has 7 heteroatoms. The number of benzene rings is 1. The summed E-state index contributed by atoms with van der Waals surface area (Å²) in [4.78, 5) is 10.8. The van der Waals surface area contributed by atoms with E-state index in [0.717, 1.165) is 6.07 Å². The maximum atomic E-state index is 12.1. The van der Waals surface area contributed by atoms with Crippen molar-refractivity contribution in [3.63, 3.8) is 0 Å². The van der Waals surface area contributed by atoms with Crippen molar-refractivity contribution in [2.24, 2.45) is 0 Å². The van der Waals surface area contributed by atoms with Crippen LogP contribution in [-0.2, 0) is 10.0 Å². The third kappa shape index (κ3) is 3.15. The van der Waals surface area contributed by atoms with Crippen LogP contribution in [0.1, 0.15) is 23.2 Å². The van der Waals surface area contributed by atoms with E-state index < -0.39 is 16.0 Å². The summed E-state index contributed by atoms with van der Waals surface area (Å²) in [6.45, 7) is 0. The molecular weight excluding hydrogens is 290 g/mol. The minimum Gasteiger partial charge on any atom is -0.478 e. The van der Waals surface area contributed by atoms with Crippen LogP contribution < -0.4 is 4.72 Å². The van der Waals surface area contributed by atoms with Gasteiger partial charge in [-0.15, -0.1) is 0 Å². The Labute approximate surface area is 115 Å². The highest BCUT2D eigenvalue weighted by Gasteiger charge is 2.22.